The predicted molar refractivity (Wildman–Crippen MR) is 57.4 cm³/mol. The highest BCUT2D eigenvalue weighted by Gasteiger charge is 2.00. The molecule has 0 amide bonds. The summed E-state index contributed by atoms with van der Waals surface area (Å²) < 4.78 is 1.19. The SMILES string of the molecule is N#Cc1cccc(Sc2cccs2)n1. The van der Waals surface area contributed by atoms with E-state index < -0.39 is 0 Å². The fourth-order valence-electron chi connectivity index (χ4n) is 0.959. The summed E-state index contributed by atoms with van der Waals surface area (Å²) in [5.41, 5.74) is 0.464. The third-order valence-electron chi connectivity index (χ3n) is 1.54. The second-order valence-corrected chi connectivity index (χ2v) is 4.78. The molecule has 14 heavy (non-hydrogen) atoms. The van der Waals surface area contributed by atoms with Gasteiger partial charge in [0, 0.05) is 0 Å². The number of hydrogen-bond acceptors (Lipinski definition) is 4. The molecule has 0 radical (unpaired) electrons. The molecule has 0 atom stereocenters. The minimum Gasteiger partial charge on any atom is -0.230 e. The Morgan fingerprint density at radius 2 is 2.21 bits per heavy atom. The van der Waals surface area contributed by atoms with Crippen LogP contribution in [0.1, 0.15) is 5.69 Å². The van der Waals surface area contributed by atoms with E-state index >= 15 is 0 Å². The molecule has 0 spiro atoms. The molecule has 0 aliphatic heterocycles. The second-order valence-electron chi connectivity index (χ2n) is 2.51. The molecule has 0 saturated carbocycles. The van der Waals surface area contributed by atoms with Crippen LogP contribution in [0.25, 0.3) is 0 Å². The van der Waals surface area contributed by atoms with E-state index in [4.69, 9.17) is 5.26 Å². The minimum atomic E-state index is 0.464. The van der Waals surface area contributed by atoms with Gasteiger partial charge in [-0.1, -0.05) is 23.9 Å². The van der Waals surface area contributed by atoms with Crippen LogP contribution in [0.2, 0.25) is 0 Å². The lowest BCUT2D eigenvalue weighted by Crippen LogP contribution is -1.83. The highest BCUT2D eigenvalue weighted by atomic mass is 32.2. The highest BCUT2D eigenvalue weighted by molar-refractivity contribution is 8.01. The Labute approximate surface area is 90.2 Å². The fourth-order valence-corrected chi connectivity index (χ4v) is 2.67. The van der Waals surface area contributed by atoms with Crippen molar-refractivity contribution in [1.82, 2.24) is 4.98 Å². The molecule has 2 rings (SSSR count). The summed E-state index contributed by atoms with van der Waals surface area (Å²) in [5, 5.41) is 11.6. The standard InChI is InChI=1S/C10H6N2S2/c11-7-8-3-1-4-9(12-8)14-10-5-2-6-13-10/h1-6H. The first-order chi connectivity index (χ1) is 6.88. The Bertz CT molecular complexity index is 457. The maximum atomic E-state index is 8.67. The zero-order valence-electron chi connectivity index (χ0n) is 7.18. The Hall–Kier alpha value is -1.31. The molecule has 2 heterocycles. The van der Waals surface area contributed by atoms with E-state index in [0.29, 0.717) is 5.69 Å². The third kappa shape index (κ3) is 2.13. The second kappa shape index (κ2) is 4.27. The first-order valence-electron chi connectivity index (χ1n) is 3.97. The Morgan fingerprint density at radius 1 is 1.29 bits per heavy atom. The Morgan fingerprint density at radius 3 is 2.93 bits per heavy atom. The van der Waals surface area contributed by atoms with Gasteiger partial charge in [-0.25, -0.2) is 4.98 Å². The van der Waals surface area contributed by atoms with Crippen molar-refractivity contribution < 1.29 is 0 Å². The average Bonchev–Trinajstić information content (AvgIpc) is 2.71. The predicted octanol–water partition coefficient (Wildman–Crippen LogP) is 3.17. The number of nitriles is 1. The lowest BCUT2D eigenvalue weighted by atomic mass is 10.4. The van der Waals surface area contributed by atoms with E-state index in [2.05, 4.69) is 4.98 Å². The molecule has 0 aliphatic carbocycles. The fraction of sp³-hybridized carbons (Fsp3) is 0. The van der Waals surface area contributed by atoms with Crippen molar-refractivity contribution in [2.45, 2.75) is 9.24 Å². The topological polar surface area (TPSA) is 36.7 Å². The third-order valence-corrected chi connectivity index (χ3v) is 3.51. The normalized spacial score (nSPS) is 9.64. The van der Waals surface area contributed by atoms with Crippen molar-refractivity contribution in [2.24, 2.45) is 0 Å². The lowest BCUT2D eigenvalue weighted by Gasteiger charge is -1.96. The van der Waals surface area contributed by atoms with Crippen LogP contribution in [0, 0.1) is 11.3 Å². The first-order valence-corrected chi connectivity index (χ1v) is 5.66. The molecule has 0 aliphatic rings. The number of thiophene rings is 1. The average molecular weight is 218 g/mol. The van der Waals surface area contributed by atoms with Crippen LogP contribution < -0.4 is 0 Å². The van der Waals surface area contributed by atoms with Crippen molar-refractivity contribution in [3.8, 4) is 6.07 Å². The Balaban J connectivity index is 2.22. The molecular formula is C10H6N2S2. The summed E-state index contributed by atoms with van der Waals surface area (Å²) in [6.45, 7) is 0. The smallest absolute Gasteiger partial charge is 0.141 e. The van der Waals surface area contributed by atoms with Crippen LogP contribution >= 0.6 is 23.1 Å². The maximum absolute atomic E-state index is 8.67. The number of pyridine rings is 1. The van der Waals surface area contributed by atoms with Gasteiger partial charge in [0.05, 0.1) is 4.21 Å². The first kappa shape index (κ1) is 9.25. The van der Waals surface area contributed by atoms with Crippen LogP contribution in [0.3, 0.4) is 0 Å². The van der Waals surface area contributed by atoms with Crippen LogP contribution in [0.15, 0.2) is 44.9 Å². The molecule has 68 valence electrons. The summed E-state index contributed by atoms with van der Waals surface area (Å²) in [7, 11) is 0. The summed E-state index contributed by atoms with van der Waals surface area (Å²) in [6.07, 6.45) is 0. The zero-order valence-corrected chi connectivity index (χ0v) is 8.81. The van der Waals surface area contributed by atoms with E-state index in [1.807, 2.05) is 35.7 Å². The largest absolute Gasteiger partial charge is 0.230 e. The molecule has 4 heteroatoms. The minimum absolute atomic E-state index is 0.464. The molecule has 0 bridgehead atoms. The van der Waals surface area contributed by atoms with Gasteiger partial charge >= 0.3 is 0 Å². The van der Waals surface area contributed by atoms with E-state index in [1.165, 1.54) is 4.21 Å². The number of rotatable bonds is 2. The number of aromatic nitrogens is 1. The monoisotopic (exact) mass is 218 g/mol. The number of nitrogens with zero attached hydrogens (tertiary/aromatic N) is 2. The molecule has 2 aromatic rings. The van der Waals surface area contributed by atoms with E-state index in [9.17, 15) is 0 Å². The van der Waals surface area contributed by atoms with E-state index in [0.717, 1.165) is 5.03 Å². The zero-order chi connectivity index (χ0) is 9.80. The highest BCUT2D eigenvalue weighted by Crippen LogP contribution is 2.29. The van der Waals surface area contributed by atoms with Crippen molar-refractivity contribution in [3.63, 3.8) is 0 Å². The molecule has 0 N–H and O–H groups in total. The summed E-state index contributed by atoms with van der Waals surface area (Å²) in [6, 6.07) is 11.5. The van der Waals surface area contributed by atoms with Crippen molar-refractivity contribution >= 4 is 23.1 Å². The summed E-state index contributed by atoms with van der Waals surface area (Å²) >= 11 is 3.25. The van der Waals surface area contributed by atoms with Gasteiger partial charge in [0.25, 0.3) is 0 Å². The van der Waals surface area contributed by atoms with Gasteiger partial charge in [-0.15, -0.1) is 11.3 Å². The maximum Gasteiger partial charge on any atom is 0.141 e. The molecule has 0 saturated heterocycles. The van der Waals surface area contributed by atoms with Gasteiger partial charge < -0.3 is 0 Å². The summed E-state index contributed by atoms with van der Waals surface area (Å²) in [4.78, 5) is 4.17. The van der Waals surface area contributed by atoms with Crippen molar-refractivity contribution in [2.75, 3.05) is 0 Å². The van der Waals surface area contributed by atoms with Crippen LogP contribution in [-0.4, -0.2) is 4.98 Å². The molecule has 2 aromatic heterocycles. The molecule has 0 aromatic carbocycles. The lowest BCUT2D eigenvalue weighted by molar-refractivity contribution is 1.10. The van der Waals surface area contributed by atoms with Crippen LogP contribution in [0.5, 0.6) is 0 Å². The van der Waals surface area contributed by atoms with Gasteiger partial charge in [0.15, 0.2) is 0 Å². The molecule has 0 fully saturated rings. The van der Waals surface area contributed by atoms with E-state index in [1.54, 1.807) is 29.2 Å². The van der Waals surface area contributed by atoms with Crippen molar-refractivity contribution in [3.05, 3.63) is 41.4 Å². The van der Waals surface area contributed by atoms with Gasteiger partial charge in [0.2, 0.25) is 0 Å². The molecule has 2 nitrogen and oxygen atoms in total. The Kier molecular flexibility index (Phi) is 2.82. The van der Waals surface area contributed by atoms with E-state index in [-0.39, 0.29) is 0 Å². The van der Waals surface area contributed by atoms with Gasteiger partial charge in [0.1, 0.15) is 16.8 Å². The van der Waals surface area contributed by atoms with Crippen LogP contribution in [0.4, 0.5) is 0 Å². The number of hydrogen-bond donors (Lipinski definition) is 0. The van der Waals surface area contributed by atoms with Crippen molar-refractivity contribution in [1.29, 1.82) is 5.26 Å². The van der Waals surface area contributed by atoms with Crippen LogP contribution in [-0.2, 0) is 0 Å². The summed E-state index contributed by atoms with van der Waals surface area (Å²) in [5.74, 6) is 0. The van der Waals surface area contributed by atoms with Gasteiger partial charge in [-0.2, -0.15) is 5.26 Å². The van der Waals surface area contributed by atoms with Gasteiger partial charge in [-0.3, -0.25) is 0 Å². The molecular weight excluding hydrogens is 212 g/mol. The van der Waals surface area contributed by atoms with Gasteiger partial charge in [-0.05, 0) is 23.6 Å². The molecule has 0 unspecified atom stereocenters. The quantitative estimate of drug-likeness (QED) is 0.776.